The maximum absolute atomic E-state index is 5.93. The lowest BCUT2D eigenvalue weighted by molar-refractivity contribution is 0.283. The van der Waals surface area contributed by atoms with Gasteiger partial charge in [0.1, 0.15) is 5.75 Å². The second kappa shape index (κ2) is 5.63. The first-order valence-corrected chi connectivity index (χ1v) is 7.14. The van der Waals surface area contributed by atoms with Crippen molar-refractivity contribution in [2.75, 3.05) is 13.7 Å². The van der Waals surface area contributed by atoms with Crippen molar-refractivity contribution in [1.29, 1.82) is 0 Å². The summed E-state index contributed by atoms with van der Waals surface area (Å²) in [5.41, 5.74) is 4.76. The van der Waals surface area contributed by atoms with E-state index in [4.69, 9.17) is 4.74 Å². The molecule has 20 heavy (non-hydrogen) atoms. The van der Waals surface area contributed by atoms with Crippen LogP contribution in [0.3, 0.4) is 0 Å². The van der Waals surface area contributed by atoms with Gasteiger partial charge in [-0.3, -0.25) is 4.98 Å². The minimum Gasteiger partial charge on any atom is -0.493 e. The van der Waals surface area contributed by atoms with Gasteiger partial charge in [0.25, 0.3) is 0 Å². The number of benzene rings is 1. The normalized spacial score (nSPS) is 15.3. The molecule has 2 heterocycles. The number of hydrogen-bond donors (Lipinski definition) is 1. The van der Waals surface area contributed by atoms with Crippen LogP contribution in [0.15, 0.2) is 36.5 Å². The van der Waals surface area contributed by atoms with Gasteiger partial charge in [-0.1, -0.05) is 24.3 Å². The fraction of sp³-hybridized carbons (Fsp3) is 0.353. The molecule has 0 aliphatic carbocycles. The Bertz CT molecular complexity index is 610. The molecule has 3 heteroatoms. The van der Waals surface area contributed by atoms with Crippen molar-refractivity contribution >= 4 is 0 Å². The predicted octanol–water partition coefficient (Wildman–Crippen LogP) is 3.02. The summed E-state index contributed by atoms with van der Waals surface area (Å²) in [7, 11) is 1.97. The van der Waals surface area contributed by atoms with E-state index in [9.17, 15) is 0 Å². The van der Waals surface area contributed by atoms with Crippen LogP contribution >= 0.6 is 0 Å². The fourth-order valence-corrected chi connectivity index (χ4v) is 2.88. The highest BCUT2D eigenvalue weighted by Crippen LogP contribution is 2.35. The quantitative estimate of drug-likeness (QED) is 0.929. The number of fused-ring (bicyclic) bond motifs is 1. The Morgan fingerprint density at radius 1 is 1.25 bits per heavy atom. The summed E-state index contributed by atoms with van der Waals surface area (Å²) in [5, 5.41) is 3.38. The molecule has 1 unspecified atom stereocenters. The monoisotopic (exact) mass is 268 g/mol. The first-order valence-electron chi connectivity index (χ1n) is 7.14. The summed E-state index contributed by atoms with van der Waals surface area (Å²) < 4.78 is 5.93. The molecule has 104 valence electrons. The van der Waals surface area contributed by atoms with E-state index in [0.717, 1.165) is 30.9 Å². The molecule has 0 fully saturated rings. The van der Waals surface area contributed by atoms with Crippen molar-refractivity contribution in [3.8, 4) is 5.75 Å². The van der Waals surface area contributed by atoms with Crippen LogP contribution in [0.2, 0.25) is 0 Å². The van der Waals surface area contributed by atoms with Crippen molar-refractivity contribution in [3.63, 3.8) is 0 Å². The number of aromatic nitrogens is 1. The van der Waals surface area contributed by atoms with E-state index >= 15 is 0 Å². The lowest BCUT2D eigenvalue weighted by Crippen LogP contribution is -2.22. The van der Waals surface area contributed by atoms with E-state index in [1.165, 1.54) is 16.7 Å². The molecule has 2 aromatic rings. The van der Waals surface area contributed by atoms with Gasteiger partial charge < -0.3 is 10.1 Å². The maximum atomic E-state index is 5.93. The van der Waals surface area contributed by atoms with E-state index in [1.54, 1.807) is 0 Å². The van der Waals surface area contributed by atoms with Crippen molar-refractivity contribution in [2.45, 2.75) is 25.8 Å². The second-order valence-corrected chi connectivity index (χ2v) is 5.21. The van der Waals surface area contributed by atoms with Gasteiger partial charge in [0, 0.05) is 11.8 Å². The molecule has 0 radical (unpaired) electrons. The third-order valence-electron chi connectivity index (χ3n) is 3.89. The predicted molar refractivity (Wildman–Crippen MR) is 80.1 cm³/mol. The third kappa shape index (κ3) is 2.29. The number of rotatable bonds is 3. The molecule has 1 aromatic heterocycles. The minimum absolute atomic E-state index is 0.0734. The molecule has 1 aliphatic rings. The lowest BCUT2D eigenvalue weighted by atomic mass is 9.94. The highest BCUT2D eigenvalue weighted by atomic mass is 16.5. The summed E-state index contributed by atoms with van der Waals surface area (Å²) in [4.78, 5) is 4.56. The first kappa shape index (κ1) is 13.1. The number of pyridine rings is 1. The molecule has 1 N–H and O–H groups in total. The summed E-state index contributed by atoms with van der Waals surface area (Å²) in [6, 6.07) is 10.6. The summed E-state index contributed by atoms with van der Waals surface area (Å²) in [6.07, 6.45) is 4.05. The molecule has 0 spiro atoms. The number of para-hydroxylation sites is 1. The smallest absolute Gasteiger partial charge is 0.127 e. The van der Waals surface area contributed by atoms with E-state index in [0.29, 0.717) is 0 Å². The number of nitrogens with one attached hydrogen (secondary N) is 1. The molecular formula is C17H20N2O. The summed E-state index contributed by atoms with van der Waals surface area (Å²) in [6.45, 7) is 2.91. The Morgan fingerprint density at radius 2 is 2.15 bits per heavy atom. The average molecular weight is 268 g/mol. The van der Waals surface area contributed by atoms with Gasteiger partial charge in [0.2, 0.25) is 0 Å². The van der Waals surface area contributed by atoms with Gasteiger partial charge in [-0.2, -0.15) is 0 Å². The molecule has 0 bridgehead atoms. The Hall–Kier alpha value is -1.87. The number of hydrogen-bond acceptors (Lipinski definition) is 3. The van der Waals surface area contributed by atoms with Gasteiger partial charge >= 0.3 is 0 Å². The summed E-state index contributed by atoms with van der Waals surface area (Å²) >= 11 is 0. The van der Waals surface area contributed by atoms with Gasteiger partial charge in [0.15, 0.2) is 0 Å². The SMILES string of the molecule is CNC(c1cccc2c1OCCC2)c1ncccc1C. The zero-order valence-electron chi connectivity index (χ0n) is 12.0. The van der Waals surface area contributed by atoms with Gasteiger partial charge in [-0.05, 0) is 44.0 Å². The minimum atomic E-state index is 0.0734. The molecule has 0 saturated carbocycles. The van der Waals surface area contributed by atoms with E-state index in [2.05, 4.69) is 41.5 Å². The molecular weight excluding hydrogens is 248 g/mol. The standard InChI is InChI=1S/C17H20N2O/c1-12-6-4-10-19-15(12)16(18-2)14-9-3-7-13-8-5-11-20-17(13)14/h3-4,6-7,9-10,16,18H,5,8,11H2,1-2H3. The van der Waals surface area contributed by atoms with Crippen LogP contribution in [0.1, 0.15) is 34.8 Å². The zero-order valence-corrected chi connectivity index (χ0v) is 12.0. The zero-order chi connectivity index (χ0) is 13.9. The molecule has 1 aliphatic heterocycles. The van der Waals surface area contributed by atoms with Crippen LogP contribution in [-0.2, 0) is 6.42 Å². The Morgan fingerprint density at radius 3 is 2.95 bits per heavy atom. The van der Waals surface area contributed by atoms with Gasteiger partial charge in [-0.15, -0.1) is 0 Å². The van der Waals surface area contributed by atoms with E-state index < -0.39 is 0 Å². The fourth-order valence-electron chi connectivity index (χ4n) is 2.88. The van der Waals surface area contributed by atoms with Crippen molar-refractivity contribution in [2.24, 2.45) is 0 Å². The second-order valence-electron chi connectivity index (χ2n) is 5.21. The molecule has 0 amide bonds. The highest BCUT2D eigenvalue weighted by Gasteiger charge is 2.23. The molecule has 0 saturated heterocycles. The molecule has 3 rings (SSSR count). The van der Waals surface area contributed by atoms with Crippen LogP contribution in [0, 0.1) is 6.92 Å². The van der Waals surface area contributed by atoms with Crippen LogP contribution < -0.4 is 10.1 Å². The van der Waals surface area contributed by atoms with Crippen molar-refractivity contribution < 1.29 is 4.74 Å². The topological polar surface area (TPSA) is 34.1 Å². The number of nitrogens with zero attached hydrogens (tertiary/aromatic N) is 1. The molecule has 3 nitrogen and oxygen atoms in total. The molecule has 1 aromatic carbocycles. The van der Waals surface area contributed by atoms with Gasteiger partial charge in [0.05, 0.1) is 18.3 Å². The number of aryl methyl sites for hydroxylation is 2. The Labute approximate surface area is 120 Å². The van der Waals surface area contributed by atoms with E-state index in [1.807, 2.05) is 19.3 Å². The lowest BCUT2D eigenvalue weighted by Gasteiger charge is -2.25. The average Bonchev–Trinajstić information content (AvgIpc) is 2.50. The van der Waals surface area contributed by atoms with Crippen molar-refractivity contribution in [3.05, 3.63) is 58.9 Å². The van der Waals surface area contributed by atoms with E-state index in [-0.39, 0.29) is 6.04 Å². The van der Waals surface area contributed by atoms with Crippen LogP contribution in [0.25, 0.3) is 0 Å². The third-order valence-corrected chi connectivity index (χ3v) is 3.89. The van der Waals surface area contributed by atoms with Crippen LogP contribution in [0.4, 0.5) is 0 Å². The molecule has 1 atom stereocenters. The Kier molecular flexibility index (Phi) is 3.70. The van der Waals surface area contributed by atoms with Crippen molar-refractivity contribution in [1.82, 2.24) is 10.3 Å². The van der Waals surface area contributed by atoms with Crippen LogP contribution in [-0.4, -0.2) is 18.6 Å². The highest BCUT2D eigenvalue weighted by molar-refractivity contribution is 5.47. The summed E-state index contributed by atoms with van der Waals surface area (Å²) in [5.74, 6) is 1.04. The first-order chi connectivity index (χ1) is 9.81. The maximum Gasteiger partial charge on any atom is 0.127 e. The Balaban J connectivity index is 2.09. The number of ether oxygens (including phenoxy) is 1. The van der Waals surface area contributed by atoms with Gasteiger partial charge in [-0.25, -0.2) is 0 Å². The largest absolute Gasteiger partial charge is 0.493 e. The van der Waals surface area contributed by atoms with Crippen LogP contribution in [0.5, 0.6) is 5.75 Å².